The van der Waals surface area contributed by atoms with Crippen LogP contribution in [0.4, 0.5) is 0 Å². The van der Waals surface area contributed by atoms with E-state index in [4.69, 9.17) is 4.42 Å². The third-order valence-electron chi connectivity index (χ3n) is 1.24. The number of fused-ring (bicyclic) bond motifs is 1. The van der Waals surface area contributed by atoms with Gasteiger partial charge in [0.25, 0.3) is 0 Å². The number of rotatable bonds is 0. The molecule has 0 amide bonds. The van der Waals surface area contributed by atoms with Crippen molar-refractivity contribution >= 4 is 11.1 Å². The van der Waals surface area contributed by atoms with Crippen molar-refractivity contribution < 1.29 is 4.42 Å². The van der Waals surface area contributed by atoms with Crippen molar-refractivity contribution in [3.05, 3.63) is 30.7 Å². The summed E-state index contributed by atoms with van der Waals surface area (Å²) in [5.41, 5.74) is 1.76. The summed E-state index contributed by atoms with van der Waals surface area (Å²) >= 11 is 0. The molecule has 0 saturated carbocycles. The molecule has 13 heavy (non-hydrogen) atoms. The van der Waals surface area contributed by atoms with Crippen LogP contribution in [0.5, 0.6) is 0 Å². The molecule has 0 spiro atoms. The van der Waals surface area contributed by atoms with Crippen molar-refractivity contribution in [2.45, 2.75) is 27.7 Å². The number of benzene rings is 1. The minimum absolute atomic E-state index is 0.845. The zero-order valence-electron chi connectivity index (χ0n) is 8.74. The lowest BCUT2D eigenvalue weighted by Gasteiger charge is -1.79. The number of aromatic nitrogens is 1. The molecule has 2 nitrogen and oxygen atoms in total. The van der Waals surface area contributed by atoms with Crippen molar-refractivity contribution in [2.75, 3.05) is 0 Å². The Bertz CT molecular complexity index is 284. The van der Waals surface area contributed by atoms with Gasteiger partial charge in [0.15, 0.2) is 12.0 Å². The molecule has 1 aromatic heterocycles. The third kappa shape index (κ3) is 3.28. The average Bonchev–Trinajstić information content (AvgIpc) is 2.71. The number of oxazole rings is 1. The van der Waals surface area contributed by atoms with E-state index in [1.807, 2.05) is 52.0 Å². The van der Waals surface area contributed by atoms with Gasteiger partial charge in [-0.25, -0.2) is 4.98 Å². The van der Waals surface area contributed by atoms with Gasteiger partial charge in [-0.2, -0.15) is 0 Å². The smallest absolute Gasteiger partial charge is 0.181 e. The molecule has 0 atom stereocenters. The standard InChI is InChI=1S/C7H5NO.2C2H6/c1-2-4-7-6(3-1)8-5-9-7;2*1-2/h1-5H;2*1-2H3. The normalized spacial score (nSPS) is 8.00. The highest BCUT2D eigenvalue weighted by Gasteiger charge is 1.91. The van der Waals surface area contributed by atoms with Crippen LogP contribution in [-0.2, 0) is 0 Å². The predicted octanol–water partition coefficient (Wildman–Crippen LogP) is 3.88. The van der Waals surface area contributed by atoms with Gasteiger partial charge < -0.3 is 4.42 Å². The largest absolute Gasteiger partial charge is 0.443 e. The van der Waals surface area contributed by atoms with Gasteiger partial charge in [0, 0.05) is 0 Å². The van der Waals surface area contributed by atoms with Crippen LogP contribution in [0.25, 0.3) is 11.1 Å². The highest BCUT2D eigenvalue weighted by molar-refractivity contribution is 5.71. The first-order valence-electron chi connectivity index (χ1n) is 4.75. The summed E-state index contributed by atoms with van der Waals surface area (Å²) < 4.78 is 5.01. The molecule has 2 aromatic rings. The van der Waals surface area contributed by atoms with E-state index in [0.717, 1.165) is 11.1 Å². The SMILES string of the molecule is CC.CC.c1ccc2ocnc2c1. The van der Waals surface area contributed by atoms with E-state index < -0.39 is 0 Å². The Hall–Kier alpha value is -1.31. The predicted molar refractivity (Wildman–Crippen MR) is 56.7 cm³/mol. The highest BCUT2D eigenvalue weighted by Crippen LogP contribution is 2.09. The Morgan fingerprint density at radius 1 is 1.00 bits per heavy atom. The summed E-state index contributed by atoms with van der Waals surface area (Å²) in [7, 11) is 0. The molecule has 0 N–H and O–H groups in total. The van der Waals surface area contributed by atoms with Gasteiger partial charge >= 0.3 is 0 Å². The molecule has 0 aliphatic heterocycles. The zero-order chi connectivity index (χ0) is 10.1. The summed E-state index contributed by atoms with van der Waals surface area (Å²) in [6.45, 7) is 8.00. The molecule has 0 radical (unpaired) electrons. The first kappa shape index (κ1) is 11.7. The zero-order valence-corrected chi connectivity index (χ0v) is 8.74. The van der Waals surface area contributed by atoms with Gasteiger partial charge in [-0.1, -0.05) is 39.8 Å². The maximum Gasteiger partial charge on any atom is 0.181 e. The molecular formula is C11H17NO. The third-order valence-corrected chi connectivity index (χ3v) is 1.24. The number of hydrogen-bond donors (Lipinski definition) is 0. The van der Waals surface area contributed by atoms with Crippen molar-refractivity contribution in [1.29, 1.82) is 0 Å². The summed E-state index contributed by atoms with van der Waals surface area (Å²) in [6.07, 6.45) is 1.45. The second-order valence-electron chi connectivity index (χ2n) is 1.82. The quantitative estimate of drug-likeness (QED) is 0.613. The summed E-state index contributed by atoms with van der Waals surface area (Å²) in [6, 6.07) is 7.67. The Kier molecular flexibility index (Phi) is 6.60. The Morgan fingerprint density at radius 2 is 1.62 bits per heavy atom. The molecule has 2 heteroatoms. The molecule has 0 saturated heterocycles. The minimum atomic E-state index is 0.845. The Balaban J connectivity index is 0.000000322. The summed E-state index contributed by atoms with van der Waals surface area (Å²) in [4.78, 5) is 3.95. The van der Waals surface area contributed by atoms with E-state index in [1.165, 1.54) is 6.39 Å². The van der Waals surface area contributed by atoms with Gasteiger partial charge in [-0.05, 0) is 12.1 Å². The van der Waals surface area contributed by atoms with Crippen LogP contribution < -0.4 is 0 Å². The van der Waals surface area contributed by atoms with Crippen LogP contribution in [-0.4, -0.2) is 4.98 Å². The molecule has 0 aliphatic carbocycles. The fraction of sp³-hybridized carbons (Fsp3) is 0.364. The van der Waals surface area contributed by atoms with E-state index in [9.17, 15) is 0 Å². The summed E-state index contributed by atoms with van der Waals surface area (Å²) in [5.74, 6) is 0. The van der Waals surface area contributed by atoms with E-state index >= 15 is 0 Å². The molecule has 1 heterocycles. The molecule has 0 bridgehead atoms. The number of para-hydroxylation sites is 2. The molecule has 2 rings (SSSR count). The average molecular weight is 179 g/mol. The summed E-state index contributed by atoms with van der Waals surface area (Å²) in [5, 5.41) is 0. The molecule has 1 aromatic carbocycles. The molecular weight excluding hydrogens is 162 g/mol. The highest BCUT2D eigenvalue weighted by atomic mass is 16.3. The fourth-order valence-corrected chi connectivity index (χ4v) is 0.803. The lowest BCUT2D eigenvalue weighted by Crippen LogP contribution is -1.61. The molecule has 0 fully saturated rings. The van der Waals surface area contributed by atoms with Crippen LogP contribution in [0.15, 0.2) is 35.1 Å². The van der Waals surface area contributed by atoms with Crippen LogP contribution in [0.2, 0.25) is 0 Å². The number of hydrogen-bond acceptors (Lipinski definition) is 2. The van der Waals surface area contributed by atoms with Crippen LogP contribution in [0.1, 0.15) is 27.7 Å². The minimum Gasteiger partial charge on any atom is -0.443 e. The van der Waals surface area contributed by atoms with E-state index in [-0.39, 0.29) is 0 Å². The molecule has 72 valence electrons. The van der Waals surface area contributed by atoms with Gasteiger partial charge in [0.05, 0.1) is 0 Å². The van der Waals surface area contributed by atoms with Crippen molar-refractivity contribution in [2.24, 2.45) is 0 Å². The lowest BCUT2D eigenvalue weighted by atomic mass is 10.3. The van der Waals surface area contributed by atoms with Gasteiger partial charge in [0.1, 0.15) is 5.52 Å². The van der Waals surface area contributed by atoms with Crippen LogP contribution >= 0.6 is 0 Å². The second kappa shape index (κ2) is 7.35. The van der Waals surface area contributed by atoms with E-state index in [0.29, 0.717) is 0 Å². The van der Waals surface area contributed by atoms with E-state index in [2.05, 4.69) is 4.98 Å². The van der Waals surface area contributed by atoms with Gasteiger partial charge in [0.2, 0.25) is 0 Å². The topological polar surface area (TPSA) is 26.0 Å². The van der Waals surface area contributed by atoms with Crippen LogP contribution in [0, 0.1) is 0 Å². The van der Waals surface area contributed by atoms with E-state index in [1.54, 1.807) is 0 Å². The second-order valence-corrected chi connectivity index (χ2v) is 1.82. The fourth-order valence-electron chi connectivity index (χ4n) is 0.803. The monoisotopic (exact) mass is 179 g/mol. The Labute approximate surface area is 79.6 Å². The van der Waals surface area contributed by atoms with Crippen molar-refractivity contribution in [3.8, 4) is 0 Å². The Morgan fingerprint density at radius 3 is 2.23 bits per heavy atom. The first-order chi connectivity index (χ1) is 6.47. The maximum absolute atomic E-state index is 5.01. The number of nitrogens with zero attached hydrogens (tertiary/aromatic N) is 1. The van der Waals surface area contributed by atoms with Crippen molar-refractivity contribution in [3.63, 3.8) is 0 Å². The van der Waals surface area contributed by atoms with Gasteiger partial charge in [-0.15, -0.1) is 0 Å². The lowest BCUT2D eigenvalue weighted by molar-refractivity contribution is 0.602. The molecule has 0 unspecified atom stereocenters. The van der Waals surface area contributed by atoms with Crippen LogP contribution in [0.3, 0.4) is 0 Å². The first-order valence-corrected chi connectivity index (χ1v) is 4.75. The van der Waals surface area contributed by atoms with Crippen molar-refractivity contribution in [1.82, 2.24) is 4.98 Å². The molecule has 0 aliphatic rings. The maximum atomic E-state index is 5.01. The van der Waals surface area contributed by atoms with Gasteiger partial charge in [-0.3, -0.25) is 0 Å².